The Morgan fingerprint density at radius 2 is 1.88 bits per heavy atom. The monoisotopic (exact) mass is 380 g/mol. The minimum atomic E-state index is -0.369. The molecular weight excluding hydrogens is 348 g/mol. The number of rotatable bonds is 12. The highest BCUT2D eigenvalue weighted by Crippen LogP contribution is 2.30. The number of methoxy groups -OCH3 is 1. The van der Waals surface area contributed by atoms with Gasteiger partial charge in [-0.15, -0.1) is 0 Å². The number of esters is 1. The SMILES string of the molecule is COC(=O)/C(=C\C[C@@H](CC[C@@H](O)CCCO)C(C)C)Sc1ccccc1. The molecule has 4 nitrogen and oxygen atoms in total. The Balaban J connectivity index is 2.71. The lowest BCUT2D eigenvalue weighted by atomic mass is 9.87. The van der Waals surface area contributed by atoms with Crippen molar-refractivity contribution in [1.82, 2.24) is 0 Å². The van der Waals surface area contributed by atoms with Gasteiger partial charge >= 0.3 is 5.97 Å². The molecule has 0 aromatic heterocycles. The topological polar surface area (TPSA) is 66.8 Å². The van der Waals surface area contributed by atoms with Crippen molar-refractivity contribution in [2.24, 2.45) is 11.8 Å². The molecule has 0 spiro atoms. The highest BCUT2D eigenvalue weighted by Gasteiger charge is 2.17. The lowest BCUT2D eigenvalue weighted by Crippen LogP contribution is -2.14. The van der Waals surface area contributed by atoms with Gasteiger partial charge in [0, 0.05) is 11.5 Å². The molecule has 5 heteroatoms. The van der Waals surface area contributed by atoms with E-state index in [0.717, 1.165) is 24.2 Å². The molecule has 0 heterocycles. The highest BCUT2D eigenvalue weighted by molar-refractivity contribution is 8.04. The number of aliphatic hydroxyl groups is 2. The van der Waals surface area contributed by atoms with Crippen LogP contribution in [0.15, 0.2) is 46.2 Å². The molecule has 0 aliphatic heterocycles. The largest absolute Gasteiger partial charge is 0.465 e. The van der Waals surface area contributed by atoms with E-state index in [1.807, 2.05) is 36.4 Å². The van der Waals surface area contributed by atoms with Gasteiger partial charge in [0.15, 0.2) is 0 Å². The van der Waals surface area contributed by atoms with Crippen LogP contribution in [0.25, 0.3) is 0 Å². The van der Waals surface area contributed by atoms with E-state index in [4.69, 9.17) is 9.84 Å². The van der Waals surface area contributed by atoms with Crippen LogP contribution in [0.4, 0.5) is 0 Å². The first kappa shape index (κ1) is 22.7. The molecule has 0 unspecified atom stereocenters. The second-order valence-electron chi connectivity index (χ2n) is 6.81. The molecule has 0 aliphatic rings. The van der Waals surface area contributed by atoms with Crippen molar-refractivity contribution < 1.29 is 19.7 Å². The summed E-state index contributed by atoms with van der Waals surface area (Å²) in [5.41, 5.74) is 0. The molecule has 0 saturated heterocycles. The maximum atomic E-state index is 12.1. The van der Waals surface area contributed by atoms with Crippen molar-refractivity contribution in [2.75, 3.05) is 13.7 Å². The van der Waals surface area contributed by atoms with Crippen LogP contribution in [0, 0.1) is 11.8 Å². The minimum Gasteiger partial charge on any atom is -0.465 e. The van der Waals surface area contributed by atoms with E-state index in [-0.39, 0.29) is 18.7 Å². The Hall–Kier alpha value is -1.30. The second kappa shape index (κ2) is 13.0. The summed E-state index contributed by atoms with van der Waals surface area (Å²) in [4.78, 5) is 13.7. The van der Waals surface area contributed by atoms with E-state index in [1.165, 1.54) is 18.9 Å². The molecule has 0 radical (unpaired) electrons. The zero-order chi connectivity index (χ0) is 19.4. The third-order valence-electron chi connectivity index (χ3n) is 4.47. The van der Waals surface area contributed by atoms with Crippen molar-refractivity contribution in [1.29, 1.82) is 0 Å². The third-order valence-corrected chi connectivity index (χ3v) is 5.53. The van der Waals surface area contributed by atoms with Gasteiger partial charge in [0.25, 0.3) is 0 Å². The Morgan fingerprint density at radius 3 is 2.46 bits per heavy atom. The van der Waals surface area contributed by atoms with E-state index < -0.39 is 0 Å². The quantitative estimate of drug-likeness (QED) is 0.319. The second-order valence-corrected chi connectivity index (χ2v) is 7.93. The van der Waals surface area contributed by atoms with Crippen molar-refractivity contribution in [3.05, 3.63) is 41.3 Å². The van der Waals surface area contributed by atoms with Crippen LogP contribution >= 0.6 is 11.8 Å². The lowest BCUT2D eigenvalue weighted by Gasteiger charge is -2.21. The normalized spacial score (nSPS) is 14.3. The first-order valence-corrected chi connectivity index (χ1v) is 10.1. The summed E-state index contributed by atoms with van der Waals surface area (Å²) < 4.78 is 4.93. The first-order valence-electron chi connectivity index (χ1n) is 9.28. The van der Waals surface area contributed by atoms with Crippen molar-refractivity contribution >= 4 is 17.7 Å². The Kier molecular flexibility index (Phi) is 11.3. The minimum absolute atomic E-state index is 0.118. The van der Waals surface area contributed by atoms with Gasteiger partial charge in [-0.3, -0.25) is 0 Å². The molecule has 2 N–H and O–H groups in total. The molecule has 0 aliphatic carbocycles. The van der Waals surface area contributed by atoms with Gasteiger partial charge in [0.1, 0.15) is 0 Å². The van der Waals surface area contributed by atoms with Crippen LogP contribution in [-0.2, 0) is 9.53 Å². The van der Waals surface area contributed by atoms with Gasteiger partial charge in [-0.05, 0) is 56.1 Å². The average molecular weight is 381 g/mol. The molecule has 1 rings (SSSR count). The molecule has 1 aromatic rings. The molecule has 0 fully saturated rings. The number of benzene rings is 1. The van der Waals surface area contributed by atoms with Crippen molar-refractivity contribution in [3.63, 3.8) is 0 Å². The molecule has 2 atom stereocenters. The van der Waals surface area contributed by atoms with E-state index in [9.17, 15) is 9.90 Å². The third kappa shape index (κ3) is 8.88. The summed E-state index contributed by atoms with van der Waals surface area (Å²) in [6, 6.07) is 9.78. The summed E-state index contributed by atoms with van der Waals surface area (Å²) in [6.07, 6.45) is 5.25. The van der Waals surface area contributed by atoms with Crippen LogP contribution in [0.2, 0.25) is 0 Å². The van der Waals surface area contributed by atoms with Gasteiger partial charge in [0.2, 0.25) is 0 Å². The number of hydrogen-bond donors (Lipinski definition) is 2. The molecule has 26 heavy (non-hydrogen) atoms. The fourth-order valence-corrected chi connectivity index (χ4v) is 3.64. The zero-order valence-electron chi connectivity index (χ0n) is 16.1. The predicted molar refractivity (Wildman–Crippen MR) is 107 cm³/mol. The number of carbonyl (C=O) groups excluding carboxylic acids is 1. The van der Waals surface area contributed by atoms with Crippen LogP contribution in [0.1, 0.15) is 46.0 Å². The number of thioether (sulfide) groups is 1. The van der Waals surface area contributed by atoms with Crippen molar-refractivity contribution in [3.8, 4) is 0 Å². The number of hydrogen-bond acceptors (Lipinski definition) is 5. The van der Waals surface area contributed by atoms with Gasteiger partial charge < -0.3 is 14.9 Å². The molecule has 0 bridgehead atoms. The van der Waals surface area contributed by atoms with E-state index in [2.05, 4.69) is 13.8 Å². The first-order chi connectivity index (χ1) is 12.5. The van der Waals surface area contributed by atoms with Gasteiger partial charge in [-0.1, -0.05) is 49.9 Å². The Labute approximate surface area is 161 Å². The van der Waals surface area contributed by atoms with Crippen LogP contribution in [0.3, 0.4) is 0 Å². The van der Waals surface area contributed by atoms with Gasteiger partial charge in [0.05, 0.1) is 18.1 Å². The summed E-state index contributed by atoms with van der Waals surface area (Å²) in [5, 5.41) is 18.9. The molecule has 0 amide bonds. The summed E-state index contributed by atoms with van der Waals surface area (Å²) in [6.45, 7) is 4.45. The van der Waals surface area contributed by atoms with Gasteiger partial charge in [-0.25, -0.2) is 4.79 Å². The maximum absolute atomic E-state index is 12.1. The van der Waals surface area contributed by atoms with Crippen LogP contribution in [0.5, 0.6) is 0 Å². The van der Waals surface area contributed by atoms with E-state index in [0.29, 0.717) is 29.6 Å². The summed E-state index contributed by atoms with van der Waals surface area (Å²) >= 11 is 1.42. The standard InChI is InChI=1S/C21H32O4S/c1-16(2)17(11-13-18(23)8-7-15-22)12-14-20(21(24)25-3)26-19-9-5-4-6-10-19/h4-6,9-10,14,16-18,22-23H,7-8,11-13,15H2,1-3H3/b20-14+/t17-,18+/m1/s1. The smallest absolute Gasteiger partial charge is 0.344 e. The average Bonchev–Trinajstić information content (AvgIpc) is 2.65. The Morgan fingerprint density at radius 1 is 1.19 bits per heavy atom. The fraction of sp³-hybridized carbons (Fsp3) is 0.571. The predicted octanol–water partition coefficient (Wildman–Crippen LogP) is 4.41. The molecule has 146 valence electrons. The lowest BCUT2D eigenvalue weighted by molar-refractivity contribution is -0.135. The van der Waals surface area contributed by atoms with E-state index in [1.54, 1.807) is 0 Å². The number of carbonyl (C=O) groups is 1. The Bertz CT molecular complexity index is 542. The summed E-state index contributed by atoms with van der Waals surface area (Å²) in [7, 11) is 1.40. The van der Waals surface area contributed by atoms with E-state index >= 15 is 0 Å². The summed E-state index contributed by atoms with van der Waals surface area (Å²) in [5.74, 6) is 0.524. The highest BCUT2D eigenvalue weighted by atomic mass is 32.2. The molecule has 0 saturated carbocycles. The number of allylic oxidation sites excluding steroid dienone is 1. The molecular formula is C21H32O4S. The maximum Gasteiger partial charge on any atom is 0.344 e. The fourth-order valence-electron chi connectivity index (χ4n) is 2.74. The molecule has 1 aromatic carbocycles. The van der Waals surface area contributed by atoms with Crippen LogP contribution in [-0.4, -0.2) is 36.0 Å². The van der Waals surface area contributed by atoms with Crippen molar-refractivity contribution in [2.45, 2.75) is 57.0 Å². The van der Waals surface area contributed by atoms with Crippen LogP contribution < -0.4 is 0 Å². The zero-order valence-corrected chi connectivity index (χ0v) is 16.9. The number of aliphatic hydroxyl groups excluding tert-OH is 2. The number of ether oxygens (including phenoxy) is 1. The van der Waals surface area contributed by atoms with Gasteiger partial charge in [-0.2, -0.15) is 0 Å².